The Morgan fingerprint density at radius 3 is 2.72 bits per heavy atom. The van der Waals surface area contributed by atoms with Crippen molar-refractivity contribution in [2.45, 2.75) is 102 Å². The van der Waals surface area contributed by atoms with Crippen LogP contribution < -0.4 is 5.32 Å². The number of hydrogen-bond donors (Lipinski definition) is 3. The summed E-state index contributed by atoms with van der Waals surface area (Å²) < 4.78 is 31.0. The lowest BCUT2D eigenvalue weighted by Crippen LogP contribution is -2.69. The minimum atomic E-state index is -1.91. The molecule has 4 fully saturated rings. The van der Waals surface area contributed by atoms with Crippen molar-refractivity contribution in [3.05, 3.63) is 87.7 Å². The van der Waals surface area contributed by atoms with Crippen LogP contribution in [0, 0.1) is 22.7 Å². The number of carbonyl (C=O) groups is 1. The van der Waals surface area contributed by atoms with Crippen molar-refractivity contribution in [3.63, 3.8) is 0 Å². The summed E-state index contributed by atoms with van der Waals surface area (Å²) in [6, 6.07) is 12.5. The van der Waals surface area contributed by atoms with Crippen molar-refractivity contribution in [3.8, 4) is 0 Å². The molecule has 2 aromatic rings. The molecule has 9 atom stereocenters. The number of Topliss-reactive ketones (excluding diaryl/α,β-unsaturated/α-hetero) is 1. The quantitative estimate of drug-likeness (QED) is 0.307. The molecule has 1 aromatic heterocycles. The molecule has 1 aliphatic heterocycles. The number of thiophene rings is 1. The van der Waals surface area contributed by atoms with E-state index in [4.69, 9.17) is 9.47 Å². The van der Waals surface area contributed by atoms with E-state index in [1.807, 2.05) is 38.1 Å². The molecule has 4 aliphatic carbocycles. The molecular formula is C38H46FNO5S. The average Bonchev–Trinajstić information content (AvgIpc) is 3.66. The summed E-state index contributed by atoms with van der Waals surface area (Å²) >= 11 is 1.58. The molecule has 0 radical (unpaired) electrons. The second-order valence-electron chi connectivity index (χ2n) is 15.6. The van der Waals surface area contributed by atoms with Crippen molar-refractivity contribution in [1.82, 2.24) is 0 Å². The number of halogens is 1. The largest absolute Gasteiger partial charge is 0.390 e. The number of aliphatic hydroxyl groups excluding tert-OH is 2. The Balaban J connectivity index is 1.17. The number of hydrogen-bond acceptors (Lipinski definition) is 7. The zero-order valence-corrected chi connectivity index (χ0v) is 28.3. The summed E-state index contributed by atoms with van der Waals surface area (Å²) in [5, 5.41) is 25.6. The van der Waals surface area contributed by atoms with Gasteiger partial charge in [0.05, 0.1) is 17.1 Å². The SMILES string of the molecule is C=C1C=C[C@@]2(C)C(=C1)CC[C@H]1[C@@H]3C[C@H]4O[C@@H](c5ccc(Cc6cccc(NC(C)(C)C)c6)s5)O[C@@]4(C(=O)CO)[C@@]3(C)C[C@H](O)[C@@]12F. The number of alkyl halides is 1. The summed E-state index contributed by atoms with van der Waals surface area (Å²) in [6.07, 6.45) is 5.37. The minimum Gasteiger partial charge on any atom is -0.390 e. The number of nitrogens with one attached hydrogen (secondary N) is 1. The number of ketones is 1. The number of anilines is 1. The van der Waals surface area contributed by atoms with Gasteiger partial charge < -0.3 is 25.0 Å². The van der Waals surface area contributed by atoms with E-state index >= 15 is 4.39 Å². The van der Waals surface area contributed by atoms with Gasteiger partial charge in [-0.15, -0.1) is 11.3 Å². The Kier molecular flexibility index (Phi) is 7.43. The van der Waals surface area contributed by atoms with Crippen LogP contribution >= 0.6 is 11.3 Å². The Bertz CT molecular complexity index is 1640. The number of benzene rings is 1. The van der Waals surface area contributed by atoms with Crippen LogP contribution in [0.3, 0.4) is 0 Å². The zero-order valence-electron chi connectivity index (χ0n) is 27.4. The second kappa shape index (κ2) is 10.7. The van der Waals surface area contributed by atoms with Crippen LogP contribution in [0.25, 0.3) is 0 Å². The highest BCUT2D eigenvalue weighted by Crippen LogP contribution is 2.72. The van der Waals surface area contributed by atoms with Crippen molar-refractivity contribution in [2.75, 3.05) is 11.9 Å². The van der Waals surface area contributed by atoms with E-state index in [9.17, 15) is 15.0 Å². The third-order valence-electron chi connectivity index (χ3n) is 11.8. The van der Waals surface area contributed by atoms with Crippen LogP contribution in [0.4, 0.5) is 10.1 Å². The minimum absolute atomic E-state index is 0.0370. The van der Waals surface area contributed by atoms with E-state index in [0.717, 1.165) is 33.0 Å². The number of rotatable bonds is 6. The van der Waals surface area contributed by atoms with Crippen LogP contribution in [0.15, 0.2) is 72.4 Å². The van der Waals surface area contributed by atoms with Gasteiger partial charge in [0.2, 0.25) is 0 Å². The van der Waals surface area contributed by atoms with Gasteiger partial charge in [-0.1, -0.05) is 49.4 Å². The Labute approximate surface area is 275 Å². The lowest BCUT2D eigenvalue weighted by Gasteiger charge is -2.62. The Hall–Kier alpha value is -2.62. The highest BCUT2D eigenvalue weighted by Gasteiger charge is 2.79. The normalized spacial score (nSPS) is 39.7. The molecule has 46 heavy (non-hydrogen) atoms. The summed E-state index contributed by atoms with van der Waals surface area (Å²) in [4.78, 5) is 15.8. The molecule has 8 heteroatoms. The Morgan fingerprint density at radius 1 is 1.20 bits per heavy atom. The van der Waals surface area contributed by atoms with Crippen LogP contribution in [-0.4, -0.2) is 51.6 Å². The fraction of sp³-hybridized carbons (Fsp3) is 0.553. The van der Waals surface area contributed by atoms with E-state index < -0.39 is 58.9 Å². The number of carbonyl (C=O) groups excluding carboxylic acids is 1. The topological polar surface area (TPSA) is 88.0 Å². The molecule has 1 saturated heterocycles. The highest BCUT2D eigenvalue weighted by molar-refractivity contribution is 7.12. The standard InChI is InChI=1S/C38H46FNO5S/c1-22-14-15-35(5)24(16-22)10-12-27-28-19-32-38(31(43)21-41,36(28,6)20-30(42)37(27,35)39)45-33(44-32)29-13-11-26(46-29)18-23-8-7-9-25(17-23)40-34(2,3)4/h7-9,11,13-17,27-28,30,32-33,40-42H,1,10,12,18-21H2,2-6H3/t27-,28-,30-,32+,33+,35-,36-,37-,38+/m0/s1. The average molecular weight is 648 g/mol. The van der Waals surface area contributed by atoms with Gasteiger partial charge in [0.1, 0.15) is 6.61 Å². The van der Waals surface area contributed by atoms with E-state index in [2.05, 4.69) is 63.0 Å². The van der Waals surface area contributed by atoms with Crippen molar-refractivity contribution >= 4 is 22.8 Å². The van der Waals surface area contributed by atoms with Crippen LogP contribution in [-0.2, 0) is 20.7 Å². The maximum absolute atomic E-state index is 17.7. The molecule has 3 N–H and O–H groups in total. The summed E-state index contributed by atoms with van der Waals surface area (Å²) in [6.45, 7) is 13.6. The fourth-order valence-corrected chi connectivity index (χ4v) is 10.8. The summed E-state index contributed by atoms with van der Waals surface area (Å²) in [7, 11) is 0. The first kappa shape index (κ1) is 32.0. The molecule has 0 unspecified atom stereocenters. The molecule has 7 rings (SSSR count). The predicted molar refractivity (Wildman–Crippen MR) is 178 cm³/mol. The van der Waals surface area contributed by atoms with Gasteiger partial charge in [0, 0.05) is 39.3 Å². The van der Waals surface area contributed by atoms with Gasteiger partial charge >= 0.3 is 0 Å². The van der Waals surface area contributed by atoms with Gasteiger partial charge in [-0.2, -0.15) is 0 Å². The molecule has 2 heterocycles. The number of aliphatic hydroxyl groups is 2. The van der Waals surface area contributed by atoms with E-state index in [-0.39, 0.29) is 17.9 Å². The summed E-state index contributed by atoms with van der Waals surface area (Å²) in [5.74, 6) is -1.23. The molecule has 6 nitrogen and oxygen atoms in total. The third-order valence-corrected chi connectivity index (χ3v) is 12.9. The van der Waals surface area contributed by atoms with Gasteiger partial charge in [-0.25, -0.2) is 4.39 Å². The first-order valence-corrected chi connectivity index (χ1v) is 17.4. The first-order valence-electron chi connectivity index (χ1n) is 16.5. The maximum Gasteiger partial charge on any atom is 0.194 e. The van der Waals surface area contributed by atoms with Gasteiger partial charge in [-0.3, -0.25) is 4.79 Å². The van der Waals surface area contributed by atoms with Crippen molar-refractivity contribution < 1.29 is 28.9 Å². The Morgan fingerprint density at radius 2 is 1.98 bits per heavy atom. The van der Waals surface area contributed by atoms with E-state index in [1.54, 1.807) is 11.3 Å². The number of ether oxygens (including phenoxy) is 2. The van der Waals surface area contributed by atoms with Crippen LogP contribution in [0.5, 0.6) is 0 Å². The molecule has 0 amide bonds. The van der Waals surface area contributed by atoms with Gasteiger partial charge in [0.25, 0.3) is 0 Å². The smallest absolute Gasteiger partial charge is 0.194 e. The van der Waals surface area contributed by atoms with Crippen LogP contribution in [0.1, 0.15) is 81.9 Å². The van der Waals surface area contributed by atoms with E-state index in [1.165, 1.54) is 5.56 Å². The third kappa shape index (κ3) is 4.51. The molecule has 1 aromatic carbocycles. The van der Waals surface area contributed by atoms with Gasteiger partial charge in [-0.05, 0) is 94.7 Å². The first-order chi connectivity index (χ1) is 21.6. The molecule has 0 bridgehead atoms. The van der Waals surface area contributed by atoms with Crippen molar-refractivity contribution in [1.29, 1.82) is 0 Å². The molecule has 246 valence electrons. The van der Waals surface area contributed by atoms with Crippen molar-refractivity contribution in [2.24, 2.45) is 22.7 Å². The van der Waals surface area contributed by atoms with Crippen LogP contribution in [0.2, 0.25) is 0 Å². The molecular weight excluding hydrogens is 601 g/mol. The lowest BCUT2D eigenvalue weighted by atomic mass is 9.44. The zero-order chi connectivity index (χ0) is 32.9. The monoisotopic (exact) mass is 647 g/mol. The highest BCUT2D eigenvalue weighted by atomic mass is 32.1. The summed E-state index contributed by atoms with van der Waals surface area (Å²) in [5.41, 5.74) is -1.29. The fourth-order valence-electron chi connectivity index (χ4n) is 9.79. The maximum atomic E-state index is 17.7. The molecule has 5 aliphatic rings. The lowest BCUT2D eigenvalue weighted by molar-refractivity contribution is -0.231. The number of fused-ring (bicyclic) bond motifs is 7. The van der Waals surface area contributed by atoms with Gasteiger partial charge in [0.15, 0.2) is 23.3 Å². The molecule has 3 saturated carbocycles. The predicted octanol–water partition coefficient (Wildman–Crippen LogP) is 7.23. The molecule has 0 spiro atoms. The number of allylic oxidation sites excluding steroid dienone is 5. The second-order valence-corrected chi connectivity index (χ2v) is 16.8. The van der Waals surface area contributed by atoms with E-state index in [0.29, 0.717) is 19.3 Å².